The molecule has 0 radical (unpaired) electrons. The van der Waals surface area contributed by atoms with E-state index in [1.165, 1.54) is 6.92 Å². The van der Waals surface area contributed by atoms with Gasteiger partial charge in [-0.1, -0.05) is 13.0 Å². The molecule has 0 aromatic rings. The highest BCUT2D eigenvalue weighted by Gasteiger charge is 2.28. The van der Waals surface area contributed by atoms with E-state index in [0.29, 0.717) is 12.3 Å². The van der Waals surface area contributed by atoms with E-state index in [2.05, 4.69) is 6.58 Å². The second kappa shape index (κ2) is 7.01. The second-order valence-electron chi connectivity index (χ2n) is 3.91. The molecule has 16 heavy (non-hydrogen) atoms. The Morgan fingerprint density at radius 3 is 2.38 bits per heavy atom. The van der Waals surface area contributed by atoms with Gasteiger partial charge < -0.3 is 9.84 Å². The van der Waals surface area contributed by atoms with Gasteiger partial charge in [-0.2, -0.15) is 8.42 Å². The molecule has 0 saturated carbocycles. The molecule has 3 unspecified atom stereocenters. The lowest BCUT2D eigenvalue weighted by Gasteiger charge is -2.18. The summed E-state index contributed by atoms with van der Waals surface area (Å²) < 4.78 is 35.4. The summed E-state index contributed by atoms with van der Waals surface area (Å²) in [5.41, 5.74) is -1.57. The van der Waals surface area contributed by atoms with Crippen LogP contribution in [0.15, 0.2) is 12.7 Å². The number of aliphatic hydroxyl groups is 1. The quantitative estimate of drug-likeness (QED) is 0.501. The van der Waals surface area contributed by atoms with Crippen molar-refractivity contribution in [3.8, 4) is 0 Å². The Morgan fingerprint density at radius 2 is 2.00 bits per heavy atom. The zero-order valence-corrected chi connectivity index (χ0v) is 10.5. The SMILES string of the molecule is C=CCC(C)CCOC(C(C)O)S(=O)(=O)O. The molecule has 0 fully saturated rings. The molecule has 0 aliphatic carbocycles. The lowest BCUT2D eigenvalue weighted by atomic mass is 10.1. The van der Waals surface area contributed by atoms with Crippen LogP contribution in [0.5, 0.6) is 0 Å². The summed E-state index contributed by atoms with van der Waals surface area (Å²) in [4.78, 5) is 0. The predicted molar refractivity (Wildman–Crippen MR) is 61.6 cm³/mol. The normalized spacial score (nSPS) is 17.8. The van der Waals surface area contributed by atoms with Crippen LogP contribution >= 0.6 is 0 Å². The van der Waals surface area contributed by atoms with Gasteiger partial charge in [0, 0.05) is 6.61 Å². The van der Waals surface area contributed by atoms with Gasteiger partial charge in [-0.05, 0) is 25.7 Å². The molecule has 0 aliphatic heterocycles. The van der Waals surface area contributed by atoms with Gasteiger partial charge >= 0.3 is 0 Å². The van der Waals surface area contributed by atoms with Crippen LogP contribution < -0.4 is 0 Å². The standard InChI is InChI=1S/C10H20O5S/c1-4-5-8(2)6-7-15-10(9(3)11)16(12,13)14/h4,8-11H,1,5-7H2,2-3H3,(H,12,13,14). The molecular formula is C10H20O5S. The molecule has 0 aromatic carbocycles. The first-order valence-corrected chi connectivity index (χ1v) is 6.66. The van der Waals surface area contributed by atoms with E-state index in [4.69, 9.17) is 14.4 Å². The minimum absolute atomic E-state index is 0.171. The molecule has 0 rings (SSSR count). The summed E-state index contributed by atoms with van der Waals surface area (Å²) in [6.07, 6.45) is 1.98. The fourth-order valence-corrected chi connectivity index (χ4v) is 2.03. The molecule has 3 atom stereocenters. The summed E-state index contributed by atoms with van der Waals surface area (Å²) in [5.74, 6) is 0.327. The molecule has 0 saturated heterocycles. The molecule has 0 heterocycles. The van der Waals surface area contributed by atoms with Crippen molar-refractivity contribution in [2.24, 2.45) is 5.92 Å². The Kier molecular flexibility index (Phi) is 6.82. The molecule has 0 amide bonds. The van der Waals surface area contributed by atoms with Gasteiger partial charge in [-0.25, -0.2) is 0 Å². The average molecular weight is 252 g/mol. The molecule has 96 valence electrons. The highest BCUT2D eigenvalue weighted by Crippen LogP contribution is 2.12. The van der Waals surface area contributed by atoms with Crippen molar-refractivity contribution >= 4 is 10.1 Å². The summed E-state index contributed by atoms with van der Waals surface area (Å²) in [5, 5.41) is 9.14. The van der Waals surface area contributed by atoms with E-state index >= 15 is 0 Å². The van der Waals surface area contributed by atoms with Crippen LogP contribution in [0.4, 0.5) is 0 Å². The van der Waals surface area contributed by atoms with Gasteiger partial charge in [0.15, 0.2) is 0 Å². The van der Waals surface area contributed by atoms with E-state index in [1.807, 2.05) is 6.92 Å². The molecule has 0 aliphatic rings. The molecular weight excluding hydrogens is 232 g/mol. The van der Waals surface area contributed by atoms with Crippen molar-refractivity contribution in [3.63, 3.8) is 0 Å². The Morgan fingerprint density at radius 1 is 1.44 bits per heavy atom. The Hall–Kier alpha value is -0.430. The van der Waals surface area contributed by atoms with E-state index in [0.717, 1.165) is 6.42 Å². The van der Waals surface area contributed by atoms with Crippen LogP contribution in [-0.2, 0) is 14.9 Å². The monoisotopic (exact) mass is 252 g/mol. The minimum Gasteiger partial charge on any atom is -0.389 e. The van der Waals surface area contributed by atoms with Crippen molar-refractivity contribution in [3.05, 3.63) is 12.7 Å². The number of allylic oxidation sites excluding steroid dienone is 1. The van der Waals surface area contributed by atoms with Crippen LogP contribution in [0.25, 0.3) is 0 Å². The third kappa shape index (κ3) is 6.22. The third-order valence-electron chi connectivity index (χ3n) is 2.15. The van der Waals surface area contributed by atoms with Crippen LogP contribution in [0.1, 0.15) is 26.7 Å². The number of hydrogen-bond acceptors (Lipinski definition) is 4. The van der Waals surface area contributed by atoms with Crippen LogP contribution in [0.3, 0.4) is 0 Å². The van der Waals surface area contributed by atoms with Gasteiger partial charge in [-0.3, -0.25) is 4.55 Å². The molecule has 0 bridgehead atoms. The van der Waals surface area contributed by atoms with Gasteiger partial charge in [0.05, 0.1) is 6.10 Å². The maximum Gasteiger partial charge on any atom is 0.294 e. The van der Waals surface area contributed by atoms with Crippen LogP contribution in [-0.4, -0.2) is 36.2 Å². The molecule has 5 nitrogen and oxygen atoms in total. The topological polar surface area (TPSA) is 83.8 Å². The van der Waals surface area contributed by atoms with Crippen molar-refractivity contribution in [1.82, 2.24) is 0 Å². The zero-order chi connectivity index (χ0) is 12.8. The number of hydrogen-bond donors (Lipinski definition) is 2. The van der Waals surface area contributed by atoms with E-state index < -0.39 is 21.7 Å². The fourth-order valence-electron chi connectivity index (χ4n) is 1.26. The number of ether oxygens (including phenoxy) is 1. The first-order valence-electron chi connectivity index (χ1n) is 5.16. The summed E-state index contributed by atoms with van der Waals surface area (Å²) >= 11 is 0. The summed E-state index contributed by atoms with van der Waals surface area (Å²) in [6, 6.07) is 0. The number of aliphatic hydroxyl groups excluding tert-OH is 1. The number of rotatable bonds is 8. The Bertz CT molecular complexity index is 296. The van der Waals surface area contributed by atoms with Gasteiger partial charge in [0.1, 0.15) is 0 Å². The van der Waals surface area contributed by atoms with E-state index in [1.54, 1.807) is 6.08 Å². The summed E-state index contributed by atoms with van der Waals surface area (Å²) in [7, 11) is -4.37. The molecule has 2 N–H and O–H groups in total. The molecule has 0 aromatic heterocycles. The van der Waals surface area contributed by atoms with E-state index in [9.17, 15) is 8.42 Å². The predicted octanol–water partition coefficient (Wildman–Crippen LogP) is 1.20. The molecule has 0 spiro atoms. The highest BCUT2D eigenvalue weighted by molar-refractivity contribution is 7.86. The van der Waals surface area contributed by atoms with Crippen molar-refractivity contribution in [2.75, 3.05) is 6.61 Å². The van der Waals surface area contributed by atoms with Gasteiger partial charge in [0.25, 0.3) is 10.1 Å². The van der Waals surface area contributed by atoms with E-state index in [-0.39, 0.29) is 6.61 Å². The van der Waals surface area contributed by atoms with Crippen molar-refractivity contribution in [1.29, 1.82) is 0 Å². The lowest BCUT2D eigenvalue weighted by Crippen LogP contribution is -2.34. The van der Waals surface area contributed by atoms with Crippen molar-refractivity contribution in [2.45, 2.75) is 38.2 Å². The van der Waals surface area contributed by atoms with Crippen LogP contribution in [0.2, 0.25) is 0 Å². The highest BCUT2D eigenvalue weighted by atomic mass is 32.2. The van der Waals surface area contributed by atoms with Crippen molar-refractivity contribution < 1.29 is 22.8 Å². The Balaban J connectivity index is 4.10. The maximum absolute atomic E-state index is 10.8. The summed E-state index contributed by atoms with van der Waals surface area (Å²) in [6.45, 7) is 7.00. The Labute approximate surface area is 96.9 Å². The lowest BCUT2D eigenvalue weighted by molar-refractivity contribution is 0.00896. The van der Waals surface area contributed by atoms with Crippen LogP contribution in [0, 0.1) is 5.92 Å². The first kappa shape index (κ1) is 15.6. The average Bonchev–Trinajstić information content (AvgIpc) is 2.10. The molecule has 6 heteroatoms. The minimum atomic E-state index is -4.37. The fraction of sp³-hybridized carbons (Fsp3) is 0.800. The van der Waals surface area contributed by atoms with Gasteiger partial charge in [0.2, 0.25) is 5.44 Å². The maximum atomic E-state index is 10.8. The third-order valence-corrected chi connectivity index (χ3v) is 3.27. The second-order valence-corrected chi connectivity index (χ2v) is 5.41. The largest absolute Gasteiger partial charge is 0.389 e. The first-order chi connectivity index (χ1) is 7.29. The smallest absolute Gasteiger partial charge is 0.294 e. The van der Waals surface area contributed by atoms with Gasteiger partial charge in [-0.15, -0.1) is 6.58 Å². The zero-order valence-electron chi connectivity index (χ0n) is 9.67.